The SMILES string of the molecule is CC(C)N1CCN(C(=O)C2CNC(=O)C2)CC1. The van der Waals surface area contributed by atoms with Gasteiger partial charge in [0.25, 0.3) is 0 Å². The van der Waals surface area contributed by atoms with Gasteiger partial charge in [0.1, 0.15) is 0 Å². The Balaban J connectivity index is 1.84. The number of hydrogen-bond acceptors (Lipinski definition) is 3. The van der Waals surface area contributed by atoms with E-state index in [0.717, 1.165) is 26.2 Å². The Kier molecular flexibility index (Phi) is 3.66. The highest BCUT2D eigenvalue weighted by Gasteiger charge is 2.32. The normalized spacial score (nSPS) is 26.4. The van der Waals surface area contributed by atoms with Crippen LogP contribution in [0.2, 0.25) is 0 Å². The van der Waals surface area contributed by atoms with Crippen molar-refractivity contribution in [1.29, 1.82) is 0 Å². The molecule has 2 fully saturated rings. The zero-order valence-corrected chi connectivity index (χ0v) is 10.6. The largest absolute Gasteiger partial charge is 0.355 e. The number of piperazine rings is 1. The van der Waals surface area contributed by atoms with Crippen LogP contribution in [-0.4, -0.2) is 60.4 Å². The van der Waals surface area contributed by atoms with E-state index in [1.54, 1.807) is 0 Å². The molecule has 0 aromatic carbocycles. The number of amides is 2. The lowest BCUT2D eigenvalue weighted by Gasteiger charge is -2.37. The topological polar surface area (TPSA) is 52.6 Å². The van der Waals surface area contributed by atoms with Gasteiger partial charge in [0.15, 0.2) is 0 Å². The Bertz CT molecular complexity index is 309. The van der Waals surface area contributed by atoms with Crippen molar-refractivity contribution in [2.24, 2.45) is 5.92 Å². The van der Waals surface area contributed by atoms with Crippen molar-refractivity contribution in [2.45, 2.75) is 26.3 Å². The highest BCUT2D eigenvalue weighted by molar-refractivity contribution is 5.89. The van der Waals surface area contributed by atoms with Crippen LogP contribution >= 0.6 is 0 Å². The van der Waals surface area contributed by atoms with Crippen molar-refractivity contribution in [3.05, 3.63) is 0 Å². The van der Waals surface area contributed by atoms with Gasteiger partial charge in [0.05, 0.1) is 5.92 Å². The minimum absolute atomic E-state index is 0.00386. The summed E-state index contributed by atoms with van der Waals surface area (Å²) in [6.07, 6.45) is 0.364. The fourth-order valence-corrected chi connectivity index (χ4v) is 2.50. The molecule has 17 heavy (non-hydrogen) atoms. The molecule has 2 aliphatic rings. The van der Waals surface area contributed by atoms with Crippen molar-refractivity contribution >= 4 is 11.8 Å². The minimum Gasteiger partial charge on any atom is -0.355 e. The van der Waals surface area contributed by atoms with E-state index in [0.29, 0.717) is 19.0 Å². The maximum atomic E-state index is 12.1. The Morgan fingerprint density at radius 3 is 2.41 bits per heavy atom. The van der Waals surface area contributed by atoms with Crippen molar-refractivity contribution in [1.82, 2.24) is 15.1 Å². The highest BCUT2D eigenvalue weighted by atomic mass is 16.2. The van der Waals surface area contributed by atoms with Gasteiger partial charge in [0, 0.05) is 45.2 Å². The molecule has 0 saturated carbocycles. The van der Waals surface area contributed by atoms with Gasteiger partial charge < -0.3 is 10.2 Å². The molecule has 5 heteroatoms. The van der Waals surface area contributed by atoms with Gasteiger partial charge in [-0.1, -0.05) is 0 Å². The van der Waals surface area contributed by atoms with Crippen molar-refractivity contribution in [3.63, 3.8) is 0 Å². The molecule has 2 saturated heterocycles. The molecule has 0 spiro atoms. The van der Waals surface area contributed by atoms with Crippen LogP contribution in [0.1, 0.15) is 20.3 Å². The van der Waals surface area contributed by atoms with Crippen LogP contribution in [0, 0.1) is 5.92 Å². The predicted octanol–water partition coefficient (Wildman–Crippen LogP) is -0.325. The number of carbonyl (C=O) groups is 2. The van der Waals surface area contributed by atoms with Crippen molar-refractivity contribution in [2.75, 3.05) is 32.7 Å². The van der Waals surface area contributed by atoms with E-state index in [2.05, 4.69) is 24.1 Å². The monoisotopic (exact) mass is 239 g/mol. The number of nitrogens with one attached hydrogen (secondary N) is 1. The summed E-state index contributed by atoms with van der Waals surface area (Å²) in [7, 11) is 0. The van der Waals surface area contributed by atoms with Crippen molar-refractivity contribution in [3.8, 4) is 0 Å². The van der Waals surface area contributed by atoms with E-state index >= 15 is 0 Å². The summed E-state index contributed by atoms with van der Waals surface area (Å²) in [5, 5.41) is 2.72. The molecule has 0 aromatic rings. The second kappa shape index (κ2) is 5.04. The fraction of sp³-hybridized carbons (Fsp3) is 0.833. The molecule has 0 aliphatic carbocycles. The first kappa shape index (κ1) is 12.4. The molecule has 96 valence electrons. The molecule has 0 bridgehead atoms. The van der Waals surface area contributed by atoms with Gasteiger partial charge in [-0.3, -0.25) is 14.5 Å². The summed E-state index contributed by atoms with van der Waals surface area (Å²) in [6.45, 7) is 8.34. The van der Waals surface area contributed by atoms with Gasteiger partial charge in [-0.2, -0.15) is 0 Å². The van der Waals surface area contributed by atoms with Crippen LogP contribution in [0.4, 0.5) is 0 Å². The third kappa shape index (κ3) is 2.77. The summed E-state index contributed by atoms with van der Waals surface area (Å²) in [4.78, 5) is 27.5. The molecular weight excluding hydrogens is 218 g/mol. The van der Waals surface area contributed by atoms with E-state index in [4.69, 9.17) is 0 Å². The van der Waals surface area contributed by atoms with Crippen LogP contribution < -0.4 is 5.32 Å². The molecule has 5 nitrogen and oxygen atoms in total. The summed E-state index contributed by atoms with van der Waals surface area (Å²) in [6, 6.07) is 0.543. The van der Waals surface area contributed by atoms with E-state index < -0.39 is 0 Å². The van der Waals surface area contributed by atoms with E-state index in [1.165, 1.54) is 0 Å². The maximum absolute atomic E-state index is 12.1. The Morgan fingerprint density at radius 2 is 1.94 bits per heavy atom. The number of hydrogen-bond donors (Lipinski definition) is 1. The molecule has 2 rings (SSSR count). The van der Waals surface area contributed by atoms with Crippen molar-refractivity contribution < 1.29 is 9.59 Å². The lowest BCUT2D eigenvalue weighted by molar-refractivity contribution is -0.137. The Labute approximate surface area is 102 Å². The molecule has 2 heterocycles. The van der Waals surface area contributed by atoms with Gasteiger partial charge in [0.2, 0.25) is 11.8 Å². The summed E-state index contributed by atoms with van der Waals surface area (Å²) < 4.78 is 0. The van der Waals surface area contributed by atoms with Crippen LogP contribution in [0.3, 0.4) is 0 Å². The number of carbonyl (C=O) groups excluding carboxylic acids is 2. The summed E-state index contributed by atoms with van der Waals surface area (Å²) in [5.41, 5.74) is 0. The maximum Gasteiger partial charge on any atom is 0.228 e. The predicted molar refractivity (Wildman–Crippen MR) is 64.4 cm³/mol. The average Bonchev–Trinajstić information content (AvgIpc) is 2.75. The molecule has 1 unspecified atom stereocenters. The number of nitrogens with zero attached hydrogens (tertiary/aromatic N) is 2. The first-order valence-electron chi connectivity index (χ1n) is 6.37. The van der Waals surface area contributed by atoms with E-state index in [-0.39, 0.29) is 17.7 Å². The second-order valence-corrected chi connectivity index (χ2v) is 5.16. The minimum atomic E-state index is -0.131. The van der Waals surface area contributed by atoms with Crippen LogP contribution in [0.5, 0.6) is 0 Å². The second-order valence-electron chi connectivity index (χ2n) is 5.16. The lowest BCUT2D eigenvalue weighted by atomic mass is 10.1. The third-order valence-electron chi connectivity index (χ3n) is 3.68. The van der Waals surface area contributed by atoms with Gasteiger partial charge >= 0.3 is 0 Å². The molecule has 1 atom stereocenters. The number of rotatable bonds is 2. The van der Waals surface area contributed by atoms with Crippen LogP contribution in [0.15, 0.2) is 0 Å². The zero-order chi connectivity index (χ0) is 12.4. The van der Waals surface area contributed by atoms with Crippen LogP contribution in [0.25, 0.3) is 0 Å². The lowest BCUT2D eigenvalue weighted by Crippen LogP contribution is -2.52. The first-order chi connectivity index (χ1) is 8.08. The smallest absolute Gasteiger partial charge is 0.228 e. The molecule has 1 N–H and O–H groups in total. The van der Waals surface area contributed by atoms with E-state index in [1.807, 2.05) is 4.90 Å². The summed E-state index contributed by atoms with van der Waals surface area (Å²) >= 11 is 0. The van der Waals surface area contributed by atoms with Gasteiger partial charge in [-0.25, -0.2) is 0 Å². The first-order valence-corrected chi connectivity index (χ1v) is 6.37. The highest BCUT2D eigenvalue weighted by Crippen LogP contribution is 2.15. The summed E-state index contributed by atoms with van der Waals surface area (Å²) in [5.74, 6) is 0.0176. The van der Waals surface area contributed by atoms with Gasteiger partial charge in [-0.15, -0.1) is 0 Å². The zero-order valence-electron chi connectivity index (χ0n) is 10.6. The Morgan fingerprint density at radius 1 is 1.29 bits per heavy atom. The fourth-order valence-electron chi connectivity index (χ4n) is 2.50. The molecular formula is C12H21N3O2. The average molecular weight is 239 g/mol. The standard InChI is InChI=1S/C12H21N3O2/c1-9(2)14-3-5-15(6-4-14)12(17)10-7-11(16)13-8-10/h9-10H,3-8H2,1-2H3,(H,13,16). The molecule has 2 amide bonds. The molecule has 0 aromatic heterocycles. The Hall–Kier alpha value is -1.10. The molecule has 2 aliphatic heterocycles. The van der Waals surface area contributed by atoms with Crippen LogP contribution in [-0.2, 0) is 9.59 Å². The van der Waals surface area contributed by atoms with E-state index in [9.17, 15) is 9.59 Å². The molecule has 0 radical (unpaired) electrons. The third-order valence-corrected chi connectivity index (χ3v) is 3.68. The van der Waals surface area contributed by atoms with Gasteiger partial charge in [-0.05, 0) is 13.8 Å². The quantitative estimate of drug-likeness (QED) is 0.718.